The van der Waals surface area contributed by atoms with Gasteiger partial charge in [0.15, 0.2) is 14.4 Å². The van der Waals surface area contributed by atoms with E-state index in [0.717, 1.165) is 18.1 Å². The minimum Gasteiger partial charge on any atom is -0.479 e. The molecule has 0 fully saturated rings. The predicted octanol–water partition coefficient (Wildman–Crippen LogP) is 3.88. The summed E-state index contributed by atoms with van der Waals surface area (Å²) < 4.78 is 12.6. The zero-order chi connectivity index (χ0) is 20.7. The minimum absolute atomic E-state index is 0.477. The van der Waals surface area contributed by atoms with Crippen molar-refractivity contribution in [1.82, 2.24) is 5.32 Å². The first-order valence-electron chi connectivity index (χ1n) is 9.47. The van der Waals surface area contributed by atoms with Gasteiger partial charge in [0.05, 0.1) is 5.60 Å². The molecule has 0 heterocycles. The molecule has 0 radical (unpaired) electrons. The van der Waals surface area contributed by atoms with E-state index in [4.69, 9.17) is 9.16 Å². The number of carboxylic acids is 1. The SMILES string of the molecule is CC[Si](CC)(CC)O[C@@H](C(=O)O)[C@@](NC=O)(OC(C)(C)C)c1ccccc1. The highest BCUT2D eigenvalue weighted by molar-refractivity contribution is 6.73. The van der Waals surface area contributed by atoms with Crippen LogP contribution in [-0.4, -0.2) is 37.5 Å². The number of nitrogens with one attached hydrogen (secondary N) is 1. The Bertz CT molecular complexity index is 604. The molecule has 0 unspecified atom stereocenters. The van der Waals surface area contributed by atoms with Gasteiger partial charge < -0.3 is 19.6 Å². The van der Waals surface area contributed by atoms with Crippen molar-refractivity contribution in [3.8, 4) is 0 Å². The van der Waals surface area contributed by atoms with Crippen molar-refractivity contribution < 1.29 is 23.9 Å². The number of hydrogen-bond acceptors (Lipinski definition) is 4. The first-order valence-corrected chi connectivity index (χ1v) is 12.0. The lowest BCUT2D eigenvalue weighted by Gasteiger charge is -2.45. The fourth-order valence-corrected chi connectivity index (χ4v) is 6.03. The maximum atomic E-state index is 12.4. The summed E-state index contributed by atoms with van der Waals surface area (Å²) in [6.07, 6.45) is -0.888. The molecule has 0 saturated carbocycles. The number of carboxylic acid groups (broad SMARTS) is 1. The van der Waals surface area contributed by atoms with Gasteiger partial charge in [-0.2, -0.15) is 0 Å². The van der Waals surface area contributed by atoms with Crippen LogP contribution < -0.4 is 5.32 Å². The number of ether oxygens (including phenoxy) is 1. The van der Waals surface area contributed by atoms with Gasteiger partial charge in [-0.1, -0.05) is 51.1 Å². The standard InChI is InChI=1S/C20H33NO5Si/c1-7-27(8-2,9-3)25-17(18(23)24)20(21-15-22,26-19(4,5)6)16-13-11-10-12-14-16/h10-15,17H,7-9H2,1-6H3,(H,21,22)(H,23,24)/t17-,20-/m0/s1. The average molecular weight is 396 g/mol. The third-order valence-corrected chi connectivity index (χ3v) is 9.44. The highest BCUT2D eigenvalue weighted by atomic mass is 28.4. The molecule has 6 nitrogen and oxygen atoms in total. The number of amides is 1. The van der Waals surface area contributed by atoms with Gasteiger partial charge in [0, 0.05) is 5.56 Å². The lowest BCUT2D eigenvalue weighted by molar-refractivity contribution is -0.210. The molecule has 0 spiro atoms. The fourth-order valence-electron chi connectivity index (χ4n) is 3.27. The average Bonchev–Trinajstić information content (AvgIpc) is 2.62. The van der Waals surface area contributed by atoms with Gasteiger partial charge in [0.2, 0.25) is 12.1 Å². The van der Waals surface area contributed by atoms with E-state index in [1.165, 1.54) is 0 Å². The first-order chi connectivity index (χ1) is 12.6. The summed E-state index contributed by atoms with van der Waals surface area (Å²) in [5, 5.41) is 12.8. The van der Waals surface area contributed by atoms with Gasteiger partial charge in [-0.3, -0.25) is 4.79 Å². The molecule has 1 aromatic rings. The van der Waals surface area contributed by atoms with Gasteiger partial charge in [0.25, 0.3) is 0 Å². The van der Waals surface area contributed by atoms with Crippen molar-refractivity contribution in [2.45, 2.75) is 77.1 Å². The molecule has 2 N–H and O–H groups in total. The summed E-state index contributed by atoms with van der Waals surface area (Å²) in [6.45, 7) is 11.5. The molecule has 0 aromatic heterocycles. The second-order valence-electron chi connectivity index (χ2n) is 7.66. The van der Waals surface area contributed by atoms with Crippen molar-refractivity contribution in [2.24, 2.45) is 0 Å². The van der Waals surface area contributed by atoms with E-state index in [-0.39, 0.29) is 0 Å². The van der Waals surface area contributed by atoms with Crippen molar-refractivity contribution in [1.29, 1.82) is 0 Å². The first kappa shape index (κ1) is 23.3. The lowest BCUT2D eigenvalue weighted by Crippen LogP contribution is -2.62. The smallest absolute Gasteiger partial charge is 0.337 e. The largest absolute Gasteiger partial charge is 0.479 e. The van der Waals surface area contributed by atoms with Crippen LogP contribution in [0.15, 0.2) is 30.3 Å². The van der Waals surface area contributed by atoms with Crippen molar-refractivity contribution >= 4 is 20.7 Å². The Morgan fingerprint density at radius 3 is 2.04 bits per heavy atom. The Balaban J connectivity index is 3.64. The second kappa shape index (κ2) is 9.48. The Kier molecular flexibility index (Phi) is 8.19. The fraction of sp³-hybridized carbons (Fsp3) is 0.600. The van der Waals surface area contributed by atoms with Crippen molar-refractivity contribution in [2.75, 3.05) is 0 Å². The number of hydrogen-bond donors (Lipinski definition) is 2. The number of rotatable bonds is 11. The van der Waals surface area contributed by atoms with Crippen LogP contribution in [0.2, 0.25) is 18.1 Å². The summed E-state index contributed by atoms with van der Waals surface area (Å²) in [4.78, 5) is 23.9. The van der Waals surface area contributed by atoms with Crippen LogP contribution in [0.5, 0.6) is 0 Å². The normalized spacial score (nSPS) is 15.6. The van der Waals surface area contributed by atoms with Crippen LogP contribution in [0.4, 0.5) is 0 Å². The van der Waals surface area contributed by atoms with E-state index in [1.807, 2.05) is 47.6 Å². The molecule has 1 amide bonds. The monoisotopic (exact) mass is 395 g/mol. The molecule has 0 saturated heterocycles. The summed E-state index contributed by atoms with van der Waals surface area (Å²) in [7, 11) is -2.31. The Labute approximate surface area is 163 Å². The molecular formula is C20H33NO5Si. The minimum atomic E-state index is -2.31. The molecule has 0 aliphatic carbocycles. The van der Waals surface area contributed by atoms with Crippen molar-refractivity contribution in [3.05, 3.63) is 35.9 Å². The molecule has 0 bridgehead atoms. The van der Waals surface area contributed by atoms with E-state index in [0.29, 0.717) is 12.0 Å². The summed E-state index contributed by atoms with van der Waals surface area (Å²) in [5.74, 6) is -1.16. The lowest BCUT2D eigenvalue weighted by atomic mass is 9.95. The van der Waals surface area contributed by atoms with Gasteiger partial charge in [-0.05, 0) is 38.9 Å². The van der Waals surface area contributed by atoms with Crippen LogP contribution in [0.1, 0.15) is 47.1 Å². The molecule has 27 heavy (non-hydrogen) atoms. The van der Waals surface area contributed by atoms with Crippen LogP contribution >= 0.6 is 0 Å². The zero-order valence-corrected chi connectivity index (χ0v) is 18.2. The van der Waals surface area contributed by atoms with E-state index in [1.54, 1.807) is 24.3 Å². The maximum absolute atomic E-state index is 12.4. The molecule has 7 heteroatoms. The molecule has 0 aliphatic rings. The number of carbonyl (C=O) groups is 2. The van der Waals surface area contributed by atoms with Crippen LogP contribution in [0.25, 0.3) is 0 Å². The molecule has 1 rings (SSSR count). The van der Waals surface area contributed by atoms with E-state index in [9.17, 15) is 14.7 Å². The van der Waals surface area contributed by atoms with Crippen molar-refractivity contribution in [3.63, 3.8) is 0 Å². The number of carbonyl (C=O) groups excluding carboxylic acids is 1. The van der Waals surface area contributed by atoms with Gasteiger partial charge in [0.1, 0.15) is 0 Å². The molecule has 1 aromatic carbocycles. The van der Waals surface area contributed by atoms with E-state index < -0.39 is 31.7 Å². The highest BCUT2D eigenvalue weighted by Gasteiger charge is 2.52. The van der Waals surface area contributed by atoms with Gasteiger partial charge in [-0.25, -0.2) is 4.79 Å². The summed E-state index contributed by atoms with van der Waals surface area (Å²) in [5.41, 5.74) is -1.83. The third-order valence-electron chi connectivity index (χ3n) is 4.84. The summed E-state index contributed by atoms with van der Waals surface area (Å²) >= 11 is 0. The third kappa shape index (κ3) is 5.64. The van der Waals surface area contributed by atoms with Gasteiger partial charge in [-0.15, -0.1) is 0 Å². The maximum Gasteiger partial charge on any atom is 0.337 e. The Morgan fingerprint density at radius 1 is 1.15 bits per heavy atom. The summed E-state index contributed by atoms with van der Waals surface area (Å²) in [6, 6.07) is 11.2. The quantitative estimate of drug-likeness (QED) is 0.337. The topological polar surface area (TPSA) is 84.9 Å². The van der Waals surface area contributed by atoms with E-state index in [2.05, 4.69) is 5.32 Å². The molecule has 2 atom stereocenters. The van der Waals surface area contributed by atoms with Crippen LogP contribution in [0.3, 0.4) is 0 Å². The molecule has 0 aliphatic heterocycles. The second-order valence-corrected chi connectivity index (χ2v) is 12.4. The Hall–Kier alpha value is -1.70. The highest BCUT2D eigenvalue weighted by Crippen LogP contribution is 2.36. The van der Waals surface area contributed by atoms with E-state index >= 15 is 0 Å². The predicted molar refractivity (Wildman–Crippen MR) is 108 cm³/mol. The van der Waals surface area contributed by atoms with Gasteiger partial charge >= 0.3 is 5.97 Å². The molecule has 152 valence electrons. The Morgan fingerprint density at radius 2 is 1.67 bits per heavy atom. The van der Waals surface area contributed by atoms with Crippen LogP contribution in [0, 0.1) is 0 Å². The number of benzene rings is 1. The molecular weight excluding hydrogens is 362 g/mol. The van der Waals surface area contributed by atoms with Crippen LogP contribution in [-0.2, 0) is 24.5 Å². The zero-order valence-electron chi connectivity index (χ0n) is 17.2. The number of aliphatic carboxylic acids is 1.